The highest BCUT2D eigenvalue weighted by atomic mass is 35.5. The first-order chi connectivity index (χ1) is 14.8. The normalized spacial score (nSPS) is 19.9. The molecule has 0 saturated carbocycles. The molecule has 1 N–H and O–H groups in total. The molecular formula is C24H32Cl2N2O3. The Kier molecular flexibility index (Phi) is 8.87. The van der Waals surface area contributed by atoms with Crippen LogP contribution in [0.2, 0.25) is 10.0 Å². The monoisotopic (exact) mass is 466 g/mol. The Morgan fingerprint density at radius 1 is 0.968 bits per heavy atom. The Morgan fingerprint density at radius 3 is 2.42 bits per heavy atom. The predicted octanol–water partition coefficient (Wildman–Crippen LogP) is 4.73. The van der Waals surface area contributed by atoms with Crippen molar-refractivity contribution in [2.24, 2.45) is 0 Å². The smallest absolute Gasteiger partial charge is 0.121 e. The van der Waals surface area contributed by atoms with Crippen LogP contribution in [0.15, 0.2) is 42.5 Å². The van der Waals surface area contributed by atoms with Gasteiger partial charge in [0.15, 0.2) is 0 Å². The maximum atomic E-state index is 11.0. The average Bonchev–Trinajstić information content (AvgIpc) is 2.92. The molecule has 31 heavy (non-hydrogen) atoms. The predicted molar refractivity (Wildman–Crippen MR) is 127 cm³/mol. The highest BCUT2D eigenvalue weighted by Crippen LogP contribution is 2.29. The van der Waals surface area contributed by atoms with Crippen molar-refractivity contribution < 1.29 is 14.6 Å². The largest absolute Gasteiger partial charge is 0.492 e. The zero-order valence-corrected chi connectivity index (χ0v) is 19.8. The molecule has 1 aliphatic rings. The van der Waals surface area contributed by atoms with Gasteiger partial charge >= 0.3 is 0 Å². The molecule has 0 amide bonds. The molecule has 2 aromatic rings. The maximum absolute atomic E-state index is 11.0. The number of hydrogen-bond donors (Lipinski definition) is 1. The summed E-state index contributed by atoms with van der Waals surface area (Å²) in [6.45, 7) is 4.46. The number of likely N-dealkylation sites (tertiary alicyclic amines) is 1. The number of nitrogens with zero attached hydrogens (tertiary/aromatic N) is 2. The standard InChI is InChI=1S/C24H32Cl2N2O3/c1-27(2)14-15-30-20-6-4-19(5-7-20)17-28-12-3-10-24(29,11-13-28)18-31-21-8-9-22(25)23(26)16-21/h4-9,16,29H,3,10-15,17-18H2,1-2H3. The minimum Gasteiger partial charge on any atom is -0.492 e. The number of halogens is 2. The van der Waals surface area contributed by atoms with E-state index < -0.39 is 5.60 Å². The molecule has 0 spiro atoms. The minimum absolute atomic E-state index is 0.248. The van der Waals surface area contributed by atoms with Crippen LogP contribution in [0.1, 0.15) is 24.8 Å². The second-order valence-corrected chi connectivity index (χ2v) is 9.33. The molecule has 0 radical (unpaired) electrons. The first kappa shape index (κ1) is 24.1. The van der Waals surface area contributed by atoms with Crippen molar-refractivity contribution in [3.8, 4) is 11.5 Å². The molecule has 0 aliphatic carbocycles. The number of aliphatic hydroxyl groups is 1. The Balaban J connectivity index is 1.47. The first-order valence-electron chi connectivity index (χ1n) is 10.7. The molecule has 1 heterocycles. The lowest BCUT2D eigenvalue weighted by molar-refractivity contribution is -0.0168. The Labute approximate surface area is 195 Å². The summed E-state index contributed by atoms with van der Waals surface area (Å²) in [6, 6.07) is 13.5. The van der Waals surface area contributed by atoms with Crippen LogP contribution in [-0.4, -0.2) is 67.5 Å². The van der Waals surface area contributed by atoms with Crippen LogP contribution in [0, 0.1) is 0 Å². The van der Waals surface area contributed by atoms with Gasteiger partial charge in [-0.1, -0.05) is 35.3 Å². The summed E-state index contributed by atoms with van der Waals surface area (Å²) >= 11 is 12.0. The van der Waals surface area contributed by atoms with E-state index in [1.54, 1.807) is 18.2 Å². The van der Waals surface area contributed by atoms with Crippen molar-refractivity contribution in [3.05, 3.63) is 58.1 Å². The molecule has 7 heteroatoms. The van der Waals surface area contributed by atoms with Crippen molar-refractivity contribution in [2.45, 2.75) is 31.4 Å². The summed E-state index contributed by atoms with van der Waals surface area (Å²) in [7, 11) is 4.07. The summed E-state index contributed by atoms with van der Waals surface area (Å²) in [5, 5.41) is 12.0. The van der Waals surface area contributed by atoms with Gasteiger partial charge in [0.2, 0.25) is 0 Å². The molecule has 5 nitrogen and oxygen atoms in total. The molecule has 1 unspecified atom stereocenters. The molecule has 3 rings (SSSR count). The molecule has 1 aliphatic heterocycles. The van der Waals surface area contributed by atoms with Gasteiger partial charge in [0.25, 0.3) is 0 Å². The van der Waals surface area contributed by atoms with E-state index in [0.717, 1.165) is 38.3 Å². The van der Waals surface area contributed by atoms with E-state index in [2.05, 4.69) is 21.9 Å². The van der Waals surface area contributed by atoms with Crippen molar-refractivity contribution in [1.29, 1.82) is 0 Å². The van der Waals surface area contributed by atoms with Gasteiger partial charge in [-0.2, -0.15) is 0 Å². The number of likely N-dealkylation sites (N-methyl/N-ethyl adjacent to an activating group) is 1. The van der Waals surface area contributed by atoms with E-state index in [0.29, 0.717) is 35.2 Å². The van der Waals surface area contributed by atoms with Gasteiger partial charge in [-0.05, 0) is 69.7 Å². The second-order valence-electron chi connectivity index (χ2n) is 8.51. The van der Waals surface area contributed by atoms with E-state index in [4.69, 9.17) is 32.7 Å². The lowest BCUT2D eigenvalue weighted by Gasteiger charge is -2.27. The first-order valence-corrected chi connectivity index (χ1v) is 11.5. The third-order valence-electron chi connectivity index (χ3n) is 5.55. The molecular weight excluding hydrogens is 435 g/mol. The highest BCUT2D eigenvalue weighted by Gasteiger charge is 2.31. The number of rotatable bonds is 9. The Bertz CT molecular complexity index is 832. The molecule has 0 bridgehead atoms. The summed E-state index contributed by atoms with van der Waals surface area (Å²) in [5.41, 5.74) is 0.405. The quantitative estimate of drug-likeness (QED) is 0.578. The van der Waals surface area contributed by atoms with Gasteiger partial charge in [0, 0.05) is 25.7 Å². The maximum Gasteiger partial charge on any atom is 0.121 e. The van der Waals surface area contributed by atoms with E-state index in [-0.39, 0.29) is 6.61 Å². The lowest BCUT2D eigenvalue weighted by atomic mass is 9.96. The van der Waals surface area contributed by atoms with Gasteiger partial charge < -0.3 is 19.5 Å². The highest BCUT2D eigenvalue weighted by molar-refractivity contribution is 6.42. The van der Waals surface area contributed by atoms with Crippen molar-refractivity contribution in [2.75, 3.05) is 46.9 Å². The fourth-order valence-electron chi connectivity index (χ4n) is 3.62. The summed E-state index contributed by atoms with van der Waals surface area (Å²) in [5.74, 6) is 1.52. The van der Waals surface area contributed by atoms with Gasteiger partial charge in [-0.3, -0.25) is 4.90 Å². The van der Waals surface area contributed by atoms with Crippen molar-refractivity contribution in [3.63, 3.8) is 0 Å². The van der Waals surface area contributed by atoms with Gasteiger partial charge in [-0.25, -0.2) is 0 Å². The van der Waals surface area contributed by atoms with Crippen molar-refractivity contribution in [1.82, 2.24) is 9.80 Å². The summed E-state index contributed by atoms with van der Waals surface area (Å²) < 4.78 is 11.6. The van der Waals surface area contributed by atoms with E-state index in [9.17, 15) is 5.11 Å². The van der Waals surface area contributed by atoms with E-state index in [1.165, 1.54) is 5.56 Å². The van der Waals surface area contributed by atoms with Crippen molar-refractivity contribution >= 4 is 23.2 Å². The lowest BCUT2D eigenvalue weighted by Crippen LogP contribution is -2.37. The van der Waals surface area contributed by atoms with Crippen LogP contribution in [0.4, 0.5) is 0 Å². The van der Waals surface area contributed by atoms with E-state index in [1.807, 2.05) is 26.2 Å². The van der Waals surface area contributed by atoms with E-state index >= 15 is 0 Å². The topological polar surface area (TPSA) is 45.2 Å². The fourth-order valence-corrected chi connectivity index (χ4v) is 3.90. The Morgan fingerprint density at radius 2 is 1.71 bits per heavy atom. The zero-order valence-electron chi connectivity index (χ0n) is 18.3. The fraction of sp³-hybridized carbons (Fsp3) is 0.500. The molecule has 0 aromatic heterocycles. The van der Waals surface area contributed by atoms with Gasteiger partial charge in [-0.15, -0.1) is 0 Å². The van der Waals surface area contributed by atoms with Crippen LogP contribution in [0.25, 0.3) is 0 Å². The average molecular weight is 467 g/mol. The summed E-state index contributed by atoms with van der Waals surface area (Å²) in [6.07, 6.45) is 2.30. The van der Waals surface area contributed by atoms with Crippen LogP contribution in [-0.2, 0) is 6.54 Å². The number of hydrogen-bond acceptors (Lipinski definition) is 5. The SMILES string of the molecule is CN(C)CCOc1ccc(CN2CCCC(O)(COc3ccc(Cl)c(Cl)c3)CC2)cc1. The minimum atomic E-state index is -0.842. The summed E-state index contributed by atoms with van der Waals surface area (Å²) in [4.78, 5) is 4.49. The van der Waals surface area contributed by atoms with Gasteiger partial charge in [0.1, 0.15) is 24.7 Å². The number of benzene rings is 2. The number of ether oxygens (including phenoxy) is 2. The molecule has 170 valence electrons. The molecule has 1 saturated heterocycles. The van der Waals surface area contributed by atoms with Crippen LogP contribution >= 0.6 is 23.2 Å². The molecule has 1 fully saturated rings. The Hall–Kier alpha value is -1.50. The van der Waals surface area contributed by atoms with Crippen LogP contribution in [0.5, 0.6) is 11.5 Å². The van der Waals surface area contributed by atoms with Crippen LogP contribution < -0.4 is 9.47 Å². The molecule has 2 aromatic carbocycles. The third kappa shape index (κ3) is 7.85. The third-order valence-corrected chi connectivity index (χ3v) is 6.28. The molecule has 1 atom stereocenters. The van der Waals surface area contributed by atoms with Gasteiger partial charge in [0.05, 0.1) is 15.6 Å². The second kappa shape index (κ2) is 11.4. The zero-order chi connectivity index (χ0) is 22.3. The van der Waals surface area contributed by atoms with Crippen LogP contribution in [0.3, 0.4) is 0 Å².